The van der Waals surface area contributed by atoms with Crippen LogP contribution < -0.4 is 4.90 Å². The van der Waals surface area contributed by atoms with Crippen LogP contribution in [0.4, 0.5) is 14.7 Å². The number of benzene rings is 1. The van der Waals surface area contributed by atoms with Crippen molar-refractivity contribution in [3.63, 3.8) is 0 Å². The minimum Gasteiger partial charge on any atom is -0.378 e. The third-order valence-electron chi connectivity index (χ3n) is 6.00. The van der Waals surface area contributed by atoms with Crippen LogP contribution in [0.1, 0.15) is 35.7 Å². The molecule has 2 bridgehead atoms. The molecule has 0 N–H and O–H groups in total. The Balaban J connectivity index is 1.41. The van der Waals surface area contributed by atoms with E-state index >= 15 is 0 Å². The summed E-state index contributed by atoms with van der Waals surface area (Å²) in [6, 6.07) is 4.91. The van der Waals surface area contributed by atoms with E-state index in [-0.39, 0.29) is 6.04 Å². The Morgan fingerprint density at radius 1 is 1.15 bits per heavy atom. The second-order valence-corrected chi connectivity index (χ2v) is 7.51. The molecule has 0 radical (unpaired) electrons. The van der Waals surface area contributed by atoms with Crippen molar-refractivity contribution in [2.24, 2.45) is 0 Å². The lowest BCUT2D eigenvalue weighted by Crippen LogP contribution is -2.40. The second-order valence-electron chi connectivity index (χ2n) is 7.51. The zero-order valence-corrected chi connectivity index (χ0v) is 15.1. The smallest absolute Gasteiger partial charge is 0.225 e. The van der Waals surface area contributed by atoms with Crippen molar-refractivity contribution < 1.29 is 13.5 Å². The maximum Gasteiger partial charge on any atom is 0.225 e. The highest BCUT2D eigenvalue weighted by molar-refractivity contribution is 5.37. The Bertz CT molecular complexity index is 856. The number of hydrogen-bond acceptors (Lipinski definition) is 5. The van der Waals surface area contributed by atoms with Crippen molar-refractivity contribution in [1.82, 2.24) is 14.9 Å². The van der Waals surface area contributed by atoms with Gasteiger partial charge in [-0.3, -0.25) is 4.90 Å². The molecule has 2 saturated heterocycles. The van der Waals surface area contributed by atoms with Crippen molar-refractivity contribution in [3.05, 3.63) is 52.9 Å². The number of hydrogen-bond donors (Lipinski definition) is 0. The fourth-order valence-electron chi connectivity index (χ4n) is 4.59. The van der Waals surface area contributed by atoms with Crippen LogP contribution >= 0.6 is 0 Å². The summed E-state index contributed by atoms with van der Waals surface area (Å²) in [5, 5.41) is 0. The van der Waals surface area contributed by atoms with Gasteiger partial charge in [0, 0.05) is 55.5 Å². The Morgan fingerprint density at radius 3 is 2.85 bits per heavy atom. The van der Waals surface area contributed by atoms with E-state index in [4.69, 9.17) is 9.72 Å². The Labute approximate surface area is 157 Å². The summed E-state index contributed by atoms with van der Waals surface area (Å²) in [6.07, 6.45) is 4.83. The average Bonchev–Trinajstić information content (AvgIpc) is 2.97. The van der Waals surface area contributed by atoms with Crippen LogP contribution in [0.2, 0.25) is 0 Å². The Hall–Kier alpha value is -2.12. The molecule has 0 amide bonds. The number of halogens is 2. The standard InChI is InChI=1S/C20H22F2N4O/c21-16-3-1-2-13(19(16)22)12-26-14-4-5-18(26)15-11-23-20(24-17(15)10-14)25-6-8-27-9-7-25/h1-3,11,14,18H,4-10,12H2. The van der Waals surface area contributed by atoms with Crippen molar-refractivity contribution in [2.75, 3.05) is 31.2 Å². The second kappa shape index (κ2) is 6.80. The predicted molar refractivity (Wildman–Crippen MR) is 96.4 cm³/mol. The molecule has 2 unspecified atom stereocenters. The summed E-state index contributed by atoms with van der Waals surface area (Å²) < 4.78 is 33.1. The number of anilines is 1. The molecule has 27 heavy (non-hydrogen) atoms. The number of morpholine rings is 1. The maximum atomic E-state index is 14.1. The number of ether oxygens (including phenoxy) is 1. The predicted octanol–water partition coefficient (Wildman–Crippen LogP) is 2.85. The molecule has 1 aromatic heterocycles. The molecule has 2 atom stereocenters. The van der Waals surface area contributed by atoms with Gasteiger partial charge in [-0.1, -0.05) is 12.1 Å². The molecular weight excluding hydrogens is 350 g/mol. The van der Waals surface area contributed by atoms with E-state index in [2.05, 4.69) is 14.8 Å². The molecule has 142 valence electrons. The van der Waals surface area contributed by atoms with E-state index in [1.54, 1.807) is 12.1 Å². The maximum absolute atomic E-state index is 14.1. The molecule has 0 aliphatic carbocycles. The summed E-state index contributed by atoms with van der Waals surface area (Å²) in [7, 11) is 0. The monoisotopic (exact) mass is 372 g/mol. The van der Waals surface area contributed by atoms with Gasteiger partial charge >= 0.3 is 0 Å². The number of nitrogens with zero attached hydrogens (tertiary/aromatic N) is 4. The van der Waals surface area contributed by atoms with Crippen LogP contribution in [0.3, 0.4) is 0 Å². The quantitative estimate of drug-likeness (QED) is 0.829. The third kappa shape index (κ3) is 2.99. The van der Waals surface area contributed by atoms with E-state index in [0.29, 0.717) is 31.4 Å². The topological polar surface area (TPSA) is 41.5 Å². The van der Waals surface area contributed by atoms with Gasteiger partial charge in [0.15, 0.2) is 11.6 Å². The Morgan fingerprint density at radius 2 is 2.00 bits per heavy atom. The van der Waals surface area contributed by atoms with E-state index in [1.807, 2.05) is 6.20 Å². The van der Waals surface area contributed by atoms with E-state index in [9.17, 15) is 8.78 Å². The molecule has 0 saturated carbocycles. The lowest BCUT2D eigenvalue weighted by atomic mass is 9.98. The highest BCUT2D eigenvalue weighted by atomic mass is 19.2. The SMILES string of the molecule is Fc1cccc(CN2C3CCC2c2cnc(N4CCOCC4)nc2C3)c1F. The zero-order valence-electron chi connectivity index (χ0n) is 15.1. The molecule has 2 aromatic rings. The van der Waals surface area contributed by atoms with Crippen molar-refractivity contribution in [2.45, 2.75) is 37.9 Å². The van der Waals surface area contributed by atoms with Gasteiger partial charge in [-0.25, -0.2) is 18.7 Å². The average molecular weight is 372 g/mol. The first-order valence-corrected chi connectivity index (χ1v) is 9.58. The van der Waals surface area contributed by atoms with E-state index in [1.165, 1.54) is 6.07 Å². The molecule has 5 rings (SSSR count). The van der Waals surface area contributed by atoms with Gasteiger partial charge in [0.25, 0.3) is 0 Å². The first kappa shape index (κ1) is 17.0. The molecule has 5 nitrogen and oxygen atoms in total. The van der Waals surface area contributed by atoms with Gasteiger partial charge < -0.3 is 9.64 Å². The summed E-state index contributed by atoms with van der Waals surface area (Å²) in [5.41, 5.74) is 2.66. The van der Waals surface area contributed by atoms with Gasteiger partial charge in [0.2, 0.25) is 5.95 Å². The van der Waals surface area contributed by atoms with E-state index < -0.39 is 11.6 Å². The third-order valence-corrected chi connectivity index (χ3v) is 6.00. The summed E-state index contributed by atoms with van der Waals surface area (Å²) >= 11 is 0. The largest absolute Gasteiger partial charge is 0.378 e. The molecule has 7 heteroatoms. The van der Waals surface area contributed by atoms with Gasteiger partial charge in [-0.15, -0.1) is 0 Å². The van der Waals surface area contributed by atoms with Crippen LogP contribution in [0, 0.1) is 11.6 Å². The van der Waals surface area contributed by atoms with Crippen molar-refractivity contribution in [3.8, 4) is 0 Å². The molecular formula is C20H22F2N4O. The molecule has 3 aliphatic rings. The van der Waals surface area contributed by atoms with Crippen LogP contribution in [-0.2, 0) is 17.7 Å². The van der Waals surface area contributed by atoms with Gasteiger partial charge in [0.1, 0.15) is 0 Å². The van der Waals surface area contributed by atoms with Gasteiger partial charge in [-0.2, -0.15) is 0 Å². The first-order valence-electron chi connectivity index (χ1n) is 9.58. The summed E-state index contributed by atoms with van der Waals surface area (Å²) in [6.45, 7) is 3.47. The minimum atomic E-state index is -0.782. The van der Waals surface area contributed by atoms with E-state index in [0.717, 1.165) is 49.6 Å². The first-order chi connectivity index (χ1) is 13.2. The van der Waals surface area contributed by atoms with Crippen LogP contribution in [0.5, 0.6) is 0 Å². The Kier molecular flexibility index (Phi) is 4.28. The fourth-order valence-corrected chi connectivity index (χ4v) is 4.59. The lowest BCUT2D eigenvalue weighted by molar-refractivity contribution is 0.122. The normalized spacial score (nSPS) is 24.9. The van der Waals surface area contributed by atoms with Gasteiger partial charge in [-0.05, 0) is 18.9 Å². The van der Waals surface area contributed by atoms with Crippen LogP contribution in [0.15, 0.2) is 24.4 Å². The van der Waals surface area contributed by atoms with Crippen molar-refractivity contribution in [1.29, 1.82) is 0 Å². The summed E-state index contributed by atoms with van der Waals surface area (Å²) in [4.78, 5) is 13.9. The number of aromatic nitrogens is 2. The molecule has 1 aromatic carbocycles. The minimum absolute atomic E-state index is 0.181. The molecule has 3 aliphatic heterocycles. The van der Waals surface area contributed by atoms with Gasteiger partial charge in [0.05, 0.1) is 18.9 Å². The molecule has 0 spiro atoms. The number of rotatable bonds is 3. The van der Waals surface area contributed by atoms with Crippen LogP contribution in [-0.4, -0.2) is 47.2 Å². The highest BCUT2D eigenvalue weighted by Crippen LogP contribution is 2.44. The molecule has 4 heterocycles. The zero-order chi connectivity index (χ0) is 18.4. The fraction of sp³-hybridized carbons (Fsp3) is 0.500. The number of fused-ring (bicyclic) bond motifs is 4. The lowest BCUT2D eigenvalue weighted by Gasteiger charge is -2.36. The highest BCUT2D eigenvalue weighted by Gasteiger charge is 2.41. The molecule has 2 fully saturated rings. The van der Waals surface area contributed by atoms with Crippen molar-refractivity contribution >= 4 is 5.95 Å². The van der Waals surface area contributed by atoms with Crippen LogP contribution in [0.25, 0.3) is 0 Å². The summed E-state index contributed by atoms with van der Waals surface area (Å²) in [5.74, 6) is -0.738.